The van der Waals surface area contributed by atoms with Gasteiger partial charge >= 0.3 is 0 Å². The Balaban J connectivity index is 1.91. The summed E-state index contributed by atoms with van der Waals surface area (Å²) in [5.74, 6) is 2.35. The van der Waals surface area contributed by atoms with Crippen LogP contribution in [0.15, 0.2) is 42.6 Å². The number of aromatic nitrogens is 3. The van der Waals surface area contributed by atoms with Crippen LogP contribution >= 0.6 is 0 Å². The lowest BCUT2D eigenvalue weighted by molar-refractivity contribution is 0.224. The Morgan fingerprint density at radius 3 is 2.55 bits per heavy atom. The van der Waals surface area contributed by atoms with Gasteiger partial charge < -0.3 is 15.7 Å². The standard InChI is InChI=1S/C23H33N5O/c1-5-19(11-17(4)15-29)26-21-12-22(24-13-18-9-7-6-8-10-18)28-23(27-21)20(14-25-28)16(2)3/h6-10,12,14,16-17,19,24,29H,5,11,13,15H2,1-4H3,(H,26,27). The molecule has 0 fully saturated rings. The molecule has 0 saturated heterocycles. The van der Waals surface area contributed by atoms with Crippen molar-refractivity contribution in [3.05, 3.63) is 53.7 Å². The molecule has 6 heteroatoms. The van der Waals surface area contributed by atoms with Crippen LogP contribution in [-0.4, -0.2) is 32.4 Å². The Labute approximate surface area is 173 Å². The minimum Gasteiger partial charge on any atom is -0.396 e. The summed E-state index contributed by atoms with van der Waals surface area (Å²) >= 11 is 0. The minimum absolute atomic E-state index is 0.203. The second kappa shape index (κ2) is 9.74. The number of hydrogen-bond acceptors (Lipinski definition) is 5. The van der Waals surface area contributed by atoms with E-state index in [9.17, 15) is 5.11 Å². The van der Waals surface area contributed by atoms with Crippen molar-refractivity contribution in [2.45, 2.75) is 59.0 Å². The Hall–Kier alpha value is -2.60. The highest BCUT2D eigenvalue weighted by Gasteiger charge is 2.16. The Morgan fingerprint density at radius 2 is 1.90 bits per heavy atom. The summed E-state index contributed by atoms with van der Waals surface area (Å²) in [5.41, 5.74) is 3.23. The van der Waals surface area contributed by atoms with E-state index in [0.29, 0.717) is 5.92 Å². The van der Waals surface area contributed by atoms with Crippen LogP contribution in [0.25, 0.3) is 5.65 Å². The van der Waals surface area contributed by atoms with Gasteiger partial charge in [0.05, 0.1) is 6.20 Å². The lowest BCUT2D eigenvalue weighted by Gasteiger charge is -2.21. The van der Waals surface area contributed by atoms with Gasteiger partial charge in [0.2, 0.25) is 0 Å². The molecule has 0 aliphatic carbocycles. The van der Waals surface area contributed by atoms with Crippen LogP contribution < -0.4 is 10.6 Å². The summed E-state index contributed by atoms with van der Waals surface area (Å²) < 4.78 is 1.89. The van der Waals surface area contributed by atoms with Gasteiger partial charge in [-0.15, -0.1) is 0 Å². The highest BCUT2D eigenvalue weighted by Crippen LogP contribution is 2.25. The quantitative estimate of drug-likeness (QED) is 0.465. The van der Waals surface area contributed by atoms with E-state index in [1.54, 1.807) is 0 Å². The first kappa shape index (κ1) is 21.1. The molecule has 0 saturated carbocycles. The van der Waals surface area contributed by atoms with Crippen molar-refractivity contribution in [1.29, 1.82) is 0 Å². The first-order chi connectivity index (χ1) is 14.0. The van der Waals surface area contributed by atoms with Gasteiger partial charge in [-0.05, 0) is 30.2 Å². The molecule has 0 amide bonds. The summed E-state index contributed by atoms with van der Waals surface area (Å²) in [6, 6.07) is 12.6. The van der Waals surface area contributed by atoms with Crippen LogP contribution in [0.2, 0.25) is 0 Å². The zero-order valence-electron chi connectivity index (χ0n) is 17.9. The SMILES string of the molecule is CCC(CC(C)CO)Nc1cc(NCc2ccccc2)n2ncc(C(C)C)c2n1. The average Bonchev–Trinajstić information content (AvgIpc) is 3.16. The molecular weight excluding hydrogens is 362 g/mol. The molecule has 1 aromatic carbocycles. The van der Waals surface area contributed by atoms with Crippen molar-refractivity contribution >= 4 is 17.3 Å². The van der Waals surface area contributed by atoms with Crippen molar-refractivity contribution in [3.63, 3.8) is 0 Å². The largest absolute Gasteiger partial charge is 0.396 e. The molecule has 0 radical (unpaired) electrons. The van der Waals surface area contributed by atoms with E-state index in [1.165, 1.54) is 5.56 Å². The van der Waals surface area contributed by atoms with Crippen LogP contribution in [0.4, 0.5) is 11.6 Å². The van der Waals surface area contributed by atoms with E-state index in [1.807, 2.05) is 35.0 Å². The Bertz CT molecular complexity index is 906. The molecule has 2 aromatic heterocycles. The smallest absolute Gasteiger partial charge is 0.163 e. The van der Waals surface area contributed by atoms with E-state index in [2.05, 4.69) is 55.6 Å². The zero-order chi connectivity index (χ0) is 20.8. The predicted molar refractivity (Wildman–Crippen MR) is 119 cm³/mol. The van der Waals surface area contributed by atoms with Crippen molar-refractivity contribution < 1.29 is 5.11 Å². The number of benzene rings is 1. The van der Waals surface area contributed by atoms with Gasteiger partial charge in [-0.1, -0.05) is 58.0 Å². The molecule has 29 heavy (non-hydrogen) atoms. The van der Waals surface area contributed by atoms with Crippen molar-refractivity contribution in [1.82, 2.24) is 14.6 Å². The topological polar surface area (TPSA) is 74.5 Å². The van der Waals surface area contributed by atoms with Gasteiger partial charge in [-0.2, -0.15) is 9.61 Å². The molecule has 2 atom stereocenters. The molecular formula is C23H33N5O. The molecule has 0 spiro atoms. The van der Waals surface area contributed by atoms with Crippen LogP contribution in [0.5, 0.6) is 0 Å². The molecule has 2 unspecified atom stereocenters. The number of nitrogens with one attached hydrogen (secondary N) is 2. The van der Waals surface area contributed by atoms with Gasteiger partial charge in [-0.3, -0.25) is 0 Å². The van der Waals surface area contributed by atoms with E-state index in [4.69, 9.17) is 4.98 Å². The molecule has 3 N–H and O–H groups in total. The molecule has 156 valence electrons. The van der Waals surface area contributed by atoms with E-state index >= 15 is 0 Å². The lowest BCUT2D eigenvalue weighted by atomic mass is 10.0. The van der Waals surface area contributed by atoms with Gasteiger partial charge in [0, 0.05) is 30.8 Å². The molecule has 6 nitrogen and oxygen atoms in total. The summed E-state index contributed by atoms with van der Waals surface area (Å²) in [7, 11) is 0. The summed E-state index contributed by atoms with van der Waals surface area (Å²) in [6.07, 6.45) is 3.79. The second-order valence-electron chi connectivity index (χ2n) is 8.13. The van der Waals surface area contributed by atoms with Crippen molar-refractivity contribution in [3.8, 4) is 0 Å². The van der Waals surface area contributed by atoms with Crippen LogP contribution in [-0.2, 0) is 6.54 Å². The van der Waals surface area contributed by atoms with Crippen molar-refractivity contribution in [2.75, 3.05) is 17.2 Å². The molecule has 2 heterocycles. The number of nitrogens with zero attached hydrogens (tertiary/aromatic N) is 3. The zero-order valence-corrected chi connectivity index (χ0v) is 17.9. The van der Waals surface area contributed by atoms with E-state index < -0.39 is 0 Å². The molecule has 3 aromatic rings. The number of aliphatic hydroxyl groups excluding tert-OH is 1. The molecule has 0 bridgehead atoms. The highest BCUT2D eigenvalue weighted by molar-refractivity contribution is 5.61. The minimum atomic E-state index is 0.203. The van der Waals surface area contributed by atoms with Crippen LogP contribution in [0.3, 0.4) is 0 Å². The first-order valence-corrected chi connectivity index (χ1v) is 10.6. The van der Waals surface area contributed by atoms with Gasteiger partial charge in [0.1, 0.15) is 11.6 Å². The lowest BCUT2D eigenvalue weighted by Crippen LogP contribution is -2.23. The maximum atomic E-state index is 9.41. The summed E-state index contributed by atoms with van der Waals surface area (Å²) in [6.45, 7) is 9.47. The molecule has 0 aliphatic rings. The van der Waals surface area contributed by atoms with Crippen LogP contribution in [0, 0.1) is 5.92 Å². The van der Waals surface area contributed by atoms with Gasteiger partial charge in [-0.25, -0.2) is 4.98 Å². The second-order valence-corrected chi connectivity index (χ2v) is 8.13. The molecule has 3 rings (SSSR count). The van der Waals surface area contributed by atoms with Gasteiger partial charge in [0.25, 0.3) is 0 Å². The van der Waals surface area contributed by atoms with Gasteiger partial charge in [0.15, 0.2) is 5.65 Å². The maximum absolute atomic E-state index is 9.41. The number of anilines is 2. The van der Waals surface area contributed by atoms with E-state index in [0.717, 1.165) is 42.2 Å². The maximum Gasteiger partial charge on any atom is 0.163 e. The summed E-state index contributed by atoms with van der Waals surface area (Å²) in [5, 5.41) is 21.1. The predicted octanol–water partition coefficient (Wildman–Crippen LogP) is 4.67. The fraction of sp³-hybridized carbons (Fsp3) is 0.478. The Kier molecular flexibility index (Phi) is 7.09. The fourth-order valence-electron chi connectivity index (χ4n) is 3.47. The Morgan fingerprint density at radius 1 is 1.14 bits per heavy atom. The highest BCUT2D eigenvalue weighted by atomic mass is 16.3. The van der Waals surface area contributed by atoms with Crippen molar-refractivity contribution in [2.24, 2.45) is 5.92 Å². The number of hydrogen-bond donors (Lipinski definition) is 3. The first-order valence-electron chi connectivity index (χ1n) is 10.6. The third-order valence-electron chi connectivity index (χ3n) is 5.28. The van der Waals surface area contributed by atoms with E-state index in [-0.39, 0.29) is 18.6 Å². The third kappa shape index (κ3) is 5.26. The number of aliphatic hydroxyl groups is 1. The monoisotopic (exact) mass is 395 g/mol. The fourth-order valence-corrected chi connectivity index (χ4v) is 3.47. The van der Waals surface area contributed by atoms with Crippen LogP contribution in [0.1, 0.15) is 57.6 Å². The number of rotatable bonds is 10. The number of fused-ring (bicyclic) bond motifs is 1. The average molecular weight is 396 g/mol. The summed E-state index contributed by atoms with van der Waals surface area (Å²) in [4.78, 5) is 4.88. The molecule has 0 aliphatic heterocycles. The normalized spacial score (nSPS) is 13.6. The third-order valence-corrected chi connectivity index (χ3v) is 5.28.